The van der Waals surface area contributed by atoms with E-state index in [-0.39, 0.29) is 24.4 Å². The molecule has 1 aliphatic rings. The van der Waals surface area contributed by atoms with E-state index in [1.807, 2.05) is 30.3 Å². The largest absolute Gasteiger partial charge is 0.352 e. The number of amides is 2. The third kappa shape index (κ3) is 3.72. The van der Waals surface area contributed by atoms with Crippen LogP contribution in [-0.4, -0.2) is 29.4 Å². The zero-order valence-corrected chi connectivity index (χ0v) is 14.0. The molecule has 1 aromatic carbocycles. The number of benzene rings is 1. The van der Waals surface area contributed by atoms with Crippen LogP contribution in [0.2, 0.25) is 0 Å². The van der Waals surface area contributed by atoms with Gasteiger partial charge in [-0.25, -0.2) is 0 Å². The molecule has 0 aliphatic heterocycles. The summed E-state index contributed by atoms with van der Waals surface area (Å²) in [7, 11) is 0. The fourth-order valence-electron chi connectivity index (χ4n) is 3.34. The summed E-state index contributed by atoms with van der Waals surface area (Å²) in [4.78, 5) is 30.4. The molecule has 0 unspecified atom stereocenters. The van der Waals surface area contributed by atoms with Crippen LogP contribution in [0.4, 0.5) is 5.69 Å². The van der Waals surface area contributed by atoms with Crippen LogP contribution in [0.15, 0.2) is 36.5 Å². The Bertz CT molecular complexity index is 733. The number of hydrogen-bond donors (Lipinski definition) is 1. The first-order valence-electron chi connectivity index (χ1n) is 8.56. The lowest BCUT2D eigenvalue weighted by molar-refractivity contribution is -0.123. The standard InChI is InChI=1S/C19H23N3O2/c1-14(23)22(13-18(24)21-16-9-3-2-4-10-16)17-11-5-7-15-8-6-12-20-19(15)17/h5-8,11-12,16H,2-4,9-10,13H2,1H3,(H,21,24). The Balaban J connectivity index is 1.79. The molecular formula is C19H23N3O2. The number of rotatable bonds is 4. The molecule has 1 N–H and O–H groups in total. The highest BCUT2D eigenvalue weighted by molar-refractivity contribution is 6.04. The highest BCUT2D eigenvalue weighted by Crippen LogP contribution is 2.25. The Morgan fingerprint density at radius 3 is 2.67 bits per heavy atom. The minimum absolute atomic E-state index is 0.0293. The van der Waals surface area contributed by atoms with Crippen LogP contribution in [0, 0.1) is 0 Å². The molecule has 2 aromatic rings. The minimum Gasteiger partial charge on any atom is -0.352 e. The molecule has 2 amide bonds. The van der Waals surface area contributed by atoms with Gasteiger partial charge >= 0.3 is 0 Å². The molecule has 1 heterocycles. The molecule has 0 atom stereocenters. The van der Waals surface area contributed by atoms with Gasteiger partial charge in [-0.1, -0.05) is 37.5 Å². The predicted octanol–water partition coefficient (Wildman–Crippen LogP) is 3.04. The molecule has 1 aliphatic carbocycles. The summed E-state index contributed by atoms with van der Waals surface area (Å²) < 4.78 is 0. The molecule has 24 heavy (non-hydrogen) atoms. The lowest BCUT2D eigenvalue weighted by Gasteiger charge is -2.26. The van der Waals surface area contributed by atoms with Crippen LogP contribution in [-0.2, 0) is 9.59 Å². The molecule has 0 bridgehead atoms. The molecule has 1 fully saturated rings. The van der Waals surface area contributed by atoms with Crippen LogP contribution in [0.3, 0.4) is 0 Å². The molecule has 5 nitrogen and oxygen atoms in total. The van der Waals surface area contributed by atoms with Gasteiger partial charge < -0.3 is 10.2 Å². The summed E-state index contributed by atoms with van der Waals surface area (Å²) in [6.45, 7) is 1.51. The van der Waals surface area contributed by atoms with Crippen molar-refractivity contribution < 1.29 is 9.59 Å². The van der Waals surface area contributed by atoms with Gasteiger partial charge in [-0.3, -0.25) is 14.6 Å². The Morgan fingerprint density at radius 1 is 1.17 bits per heavy atom. The van der Waals surface area contributed by atoms with Crippen LogP contribution >= 0.6 is 0 Å². The van der Waals surface area contributed by atoms with E-state index in [1.54, 1.807) is 6.20 Å². The van der Waals surface area contributed by atoms with Crippen molar-refractivity contribution in [3.05, 3.63) is 36.5 Å². The maximum atomic E-state index is 12.4. The van der Waals surface area contributed by atoms with E-state index in [2.05, 4.69) is 10.3 Å². The number of pyridine rings is 1. The van der Waals surface area contributed by atoms with Crippen LogP contribution < -0.4 is 10.2 Å². The molecule has 0 radical (unpaired) electrons. The zero-order chi connectivity index (χ0) is 16.9. The summed E-state index contributed by atoms with van der Waals surface area (Å²) in [6, 6.07) is 9.72. The lowest BCUT2D eigenvalue weighted by atomic mass is 9.95. The first kappa shape index (κ1) is 16.4. The van der Waals surface area contributed by atoms with Crippen molar-refractivity contribution in [1.82, 2.24) is 10.3 Å². The summed E-state index contributed by atoms with van der Waals surface area (Å²) in [6.07, 6.45) is 7.33. The van der Waals surface area contributed by atoms with Crippen molar-refractivity contribution in [2.75, 3.05) is 11.4 Å². The van der Waals surface area contributed by atoms with E-state index >= 15 is 0 Å². The number of anilines is 1. The molecule has 0 spiro atoms. The molecule has 5 heteroatoms. The quantitative estimate of drug-likeness (QED) is 0.940. The van der Waals surface area contributed by atoms with Crippen molar-refractivity contribution >= 4 is 28.4 Å². The summed E-state index contributed by atoms with van der Waals surface area (Å²) in [5.41, 5.74) is 1.42. The molecule has 0 saturated heterocycles. The molecule has 126 valence electrons. The number of hydrogen-bond acceptors (Lipinski definition) is 3. The second kappa shape index (κ2) is 7.43. The first-order valence-corrected chi connectivity index (χ1v) is 8.56. The fourth-order valence-corrected chi connectivity index (χ4v) is 3.34. The SMILES string of the molecule is CC(=O)N(CC(=O)NC1CCCCC1)c1cccc2cccnc12. The number of para-hydroxylation sites is 1. The maximum absolute atomic E-state index is 12.4. The van der Waals surface area contributed by atoms with Crippen LogP contribution in [0.25, 0.3) is 10.9 Å². The average Bonchev–Trinajstić information content (AvgIpc) is 2.60. The first-order chi connectivity index (χ1) is 11.6. The maximum Gasteiger partial charge on any atom is 0.240 e. The second-order valence-electron chi connectivity index (χ2n) is 6.36. The third-order valence-corrected chi connectivity index (χ3v) is 4.55. The van der Waals surface area contributed by atoms with Crippen molar-refractivity contribution in [1.29, 1.82) is 0 Å². The van der Waals surface area contributed by atoms with E-state index in [0.29, 0.717) is 5.69 Å². The van der Waals surface area contributed by atoms with E-state index in [9.17, 15) is 9.59 Å². The number of aromatic nitrogens is 1. The van der Waals surface area contributed by atoms with Gasteiger partial charge in [0.15, 0.2) is 0 Å². The van der Waals surface area contributed by atoms with Crippen molar-refractivity contribution in [2.45, 2.75) is 45.1 Å². The van der Waals surface area contributed by atoms with Gasteiger partial charge in [0.05, 0.1) is 11.2 Å². The van der Waals surface area contributed by atoms with Gasteiger partial charge in [-0.2, -0.15) is 0 Å². The van der Waals surface area contributed by atoms with Crippen LogP contribution in [0.5, 0.6) is 0 Å². The smallest absolute Gasteiger partial charge is 0.240 e. The van der Waals surface area contributed by atoms with E-state index in [0.717, 1.165) is 36.6 Å². The summed E-state index contributed by atoms with van der Waals surface area (Å²) in [5, 5.41) is 4.02. The van der Waals surface area contributed by atoms with Gasteiger partial charge in [0.25, 0.3) is 0 Å². The monoisotopic (exact) mass is 325 g/mol. The third-order valence-electron chi connectivity index (χ3n) is 4.55. The van der Waals surface area contributed by atoms with Gasteiger partial charge in [-0.05, 0) is 25.0 Å². The predicted molar refractivity (Wildman–Crippen MR) is 94.8 cm³/mol. The fraction of sp³-hybridized carbons (Fsp3) is 0.421. The summed E-state index contributed by atoms with van der Waals surface area (Å²) >= 11 is 0. The Hall–Kier alpha value is -2.43. The summed E-state index contributed by atoms with van der Waals surface area (Å²) in [5.74, 6) is -0.267. The highest BCUT2D eigenvalue weighted by Gasteiger charge is 2.21. The minimum atomic E-state index is -0.160. The molecule has 1 aromatic heterocycles. The van der Waals surface area contributed by atoms with Crippen molar-refractivity contribution in [3.63, 3.8) is 0 Å². The Morgan fingerprint density at radius 2 is 1.92 bits per heavy atom. The topological polar surface area (TPSA) is 62.3 Å². The highest BCUT2D eigenvalue weighted by atomic mass is 16.2. The lowest BCUT2D eigenvalue weighted by Crippen LogP contribution is -2.44. The number of fused-ring (bicyclic) bond motifs is 1. The number of carbonyl (C=O) groups is 2. The Kier molecular flexibility index (Phi) is 5.08. The van der Waals surface area contributed by atoms with Gasteiger partial charge in [-0.15, -0.1) is 0 Å². The normalized spacial score (nSPS) is 15.2. The van der Waals surface area contributed by atoms with Crippen LogP contribution in [0.1, 0.15) is 39.0 Å². The van der Waals surface area contributed by atoms with E-state index in [4.69, 9.17) is 0 Å². The Labute approximate surface area is 142 Å². The molecule has 1 saturated carbocycles. The number of carbonyl (C=O) groups excluding carboxylic acids is 2. The number of nitrogens with one attached hydrogen (secondary N) is 1. The molecular weight excluding hydrogens is 302 g/mol. The van der Waals surface area contributed by atoms with Gasteiger partial charge in [0, 0.05) is 24.5 Å². The van der Waals surface area contributed by atoms with Crippen molar-refractivity contribution in [2.24, 2.45) is 0 Å². The van der Waals surface area contributed by atoms with E-state index in [1.165, 1.54) is 18.2 Å². The average molecular weight is 325 g/mol. The van der Waals surface area contributed by atoms with E-state index < -0.39 is 0 Å². The second-order valence-corrected chi connectivity index (χ2v) is 6.36. The zero-order valence-electron chi connectivity index (χ0n) is 14.0. The molecule has 3 rings (SSSR count). The van der Waals surface area contributed by atoms with Crippen molar-refractivity contribution in [3.8, 4) is 0 Å². The van der Waals surface area contributed by atoms with Gasteiger partial charge in [0.1, 0.15) is 6.54 Å². The van der Waals surface area contributed by atoms with Gasteiger partial charge in [0.2, 0.25) is 11.8 Å². The number of nitrogens with zero attached hydrogens (tertiary/aromatic N) is 2.